The van der Waals surface area contributed by atoms with Crippen LogP contribution in [0.25, 0.3) is 0 Å². The van der Waals surface area contributed by atoms with E-state index in [1.165, 1.54) is 38.5 Å². The summed E-state index contributed by atoms with van der Waals surface area (Å²) in [6, 6.07) is 1.28. The maximum Gasteiger partial charge on any atom is 0.410 e. The summed E-state index contributed by atoms with van der Waals surface area (Å²) in [5, 5.41) is 3.83. The molecule has 0 atom stereocenters. The lowest BCUT2D eigenvalue weighted by molar-refractivity contribution is 0.0195. The van der Waals surface area contributed by atoms with Gasteiger partial charge in [0.25, 0.3) is 0 Å². The smallest absolute Gasteiger partial charge is 0.410 e. The first-order chi connectivity index (χ1) is 9.94. The van der Waals surface area contributed by atoms with E-state index < -0.39 is 5.60 Å². The molecular formula is C17H32N2O2. The molecule has 0 aromatic carbocycles. The van der Waals surface area contributed by atoms with Crippen LogP contribution in [0.5, 0.6) is 0 Å². The highest BCUT2D eigenvalue weighted by atomic mass is 16.6. The molecule has 0 radical (unpaired) electrons. The maximum atomic E-state index is 12.0. The molecule has 0 aromatic heterocycles. The average Bonchev–Trinajstić information content (AvgIpc) is 2.66. The number of piperidine rings is 1. The molecule has 4 heteroatoms. The van der Waals surface area contributed by atoms with Gasteiger partial charge in [-0.2, -0.15) is 0 Å². The van der Waals surface area contributed by atoms with Crippen LogP contribution in [0, 0.1) is 0 Å². The second-order valence-electron chi connectivity index (χ2n) is 7.60. The van der Waals surface area contributed by atoms with Gasteiger partial charge < -0.3 is 15.0 Å². The van der Waals surface area contributed by atoms with E-state index >= 15 is 0 Å². The molecule has 1 saturated heterocycles. The fourth-order valence-corrected chi connectivity index (χ4v) is 3.33. The Morgan fingerprint density at radius 1 is 0.952 bits per heavy atom. The molecule has 1 saturated carbocycles. The zero-order chi connectivity index (χ0) is 15.3. The highest BCUT2D eigenvalue weighted by Crippen LogP contribution is 2.20. The number of hydrogen-bond acceptors (Lipinski definition) is 3. The van der Waals surface area contributed by atoms with E-state index in [0.29, 0.717) is 12.1 Å². The number of nitrogens with one attached hydrogen (secondary N) is 1. The Morgan fingerprint density at radius 2 is 1.48 bits per heavy atom. The van der Waals surface area contributed by atoms with Crippen LogP contribution in [-0.4, -0.2) is 41.8 Å². The number of carbonyl (C=O) groups is 1. The summed E-state index contributed by atoms with van der Waals surface area (Å²) in [5.74, 6) is 0. The topological polar surface area (TPSA) is 41.6 Å². The number of likely N-dealkylation sites (tertiary alicyclic amines) is 1. The van der Waals surface area contributed by atoms with Gasteiger partial charge in [-0.3, -0.25) is 0 Å². The van der Waals surface area contributed by atoms with Crippen LogP contribution in [0.2, 0.25) is 0 Å². The molecule has 1 aliphatic carbocycles. The molecule has 0 spiro atoms. The van der Waals surface area contributed by atoms with Gasteiger partial charge in [-0.25, -0.2) is 4.79 Å². The van der Waals surface area contributed by atoms with Crippen molar-refractivity contribution in [2.75, 3.05) is 13.1 Å². The van der Waals surface area contributed by atoms with E-state index in [1.54, 1.807) is 0 Å². The molecule has 0 aromatic rings. The van der Waals surface area contributed by atoms with Crippen molar-refractivity contribution in [3.05, 3.63) is 0 Å². The summed E-state index contributed by atoms with van der Waals surface area (Å²) in [6.45, 7) is 7.40. The second kappa shape index (κ2) is 7.48. The van der Waals surface area contributed by atoms with Crippen LogP contribution in [0.3, 0.4) is 0 Å². The van der Waals surface area contributed by atoms with E-state index in [0.717, 1.165) is 25.9 Å². The lowest BCUT2D eigenvalue weighted by atomic mass is 10.0. The third-order valence-electron chi connectivity index (χ3n) is 4.47. The van der Waals surface area contributed by atoms with Crippen molar-refractivity contribution in [3.63, 3.8) is 0 Å². The molecule has 1 N–H and O–H groups in total. The van der Waals surface area contributed by atoms with E-state index in [2.05, 4.69) is 5.32 Å². The number of nitrogens with zero attached hydrogens (tertiary/aromatic N) is 1. The number of carbonyl (C=O) groups excluding carboxylic acids is 1. The minimum atomic E-state index is -0.396. The molecule has 0 unspecified atom stereocenters. The van der Waals surface area contributed by atoms with Crippen LogP contribution >= 0.6 is 0 Å². The molecule has 2 rings (SSSR count). The van der Waals surface area contributed by atoms with Gasteiger partial charge in [0.2, 0.25) is 0 Å². The van der Waals surface area contributed by atoms with Crippen LogP contribution < -0.4 is 5.32 Å². The number of amides is 1. The van der Waals surface area contributed by atoms with Gasteiger partial charge in [-0.1, -0.05) is 25.7 Å². The second-order valence-corrected chi connectivity index (χ2v) is 7.60. The summed E-state index contributed by atoms with van der Waals surface area (Å²) >= 11 is 0. The summed E-state index contributed by atoms with van der Waals surface area (Å²) in [7, 11) is 0. The Bertz CT molecular complexity index is 322. The molecule has 2 fully saturated rings. The molecular weight excluding hydrogens is 264 g/mol. The normalized spacial score (nSPS) is 22.9. The van der Waals surface area contributed by atoms with E-state index in [-0.39, 0.29) is 6.09 Å². The molecule has 0 bridgehead atoms. The van der Waals surface area contributed by atoms with E-state index in [4.69, 9.17) is 4.74 Å². The highest BCUT2D eigenvalue weighted by molar-refractivity contribution is 5.68. The maximum absolute atomic E-state index is 12.0. The summed E-state index contributed by atoms with van der Waals surface area (Å²) in [4.78, 5) is 13.9. The predicted octanol–water partition coefficient (Wildman–Crippen LogP) is 3.70. The van der Waals surface area contributed by atoms with Gasteiger partial charge in [-0.15, -0.1) is 0 Å². The van der Waals surface area contributed by atoms with Gasteiger partial charge in [0.05, 0.1) is 0 Å². The number of ether oxygens (including phenoxy) is 1. The zero-order valence-corrected chi connectivity index (χ0v) is 14.0. The highest BCUT2D eigenvalue weighted by Gasteiger charge is 2.27. The zero-order valence-electron chi connectivity index (χ0n) is 14.0. The van der Waals surface area contributed by atoms with Gasteiger partial charge in [-0.05, 0) is 46.5 Å². The van der Waals surface area contributed by atoms with Crippen LogP contribution in [0.1, 0.15) is 72.1 Å². The average molecular weight is 296 g/mol. The third kappa shape index (κ3) is 5.85. The first kappa shape index (κ1) is 16.6. The quantitative estimate of drug-likeness (QED) is 0.790. The summed E-state index contributed by atoms with van der Waals surface area (Å²) < 4.78 is 5.45. The molecule has 1 aliphatic heterocycles. The Balaban J connectivity index is 1.71. The van der Waals surface area contributed by atoms with Crippen molar-refractivity contribution in [2.45, 2.75) is 89.8 Å². The summed E-state index contributed by atoms with van der Waals surface area (Å²) in [5.41, 5.74) is -0.396. The first-order valence-corrected chi connectivity index (χ1v) is 8.68. The lowest BCUT2D eigenvalue weighted by Crippen LogP contribution is -2.48. The monoisotopic (exact) mass is 296 g/mol. The van der Waals surface area contributed by atoms with Crippen molar-refractivity contribution >= 4 is 6.09 Å². The Morgan fingerprint density at radius 3 is 2.00 bits per heavy atom. The van der Waals surface area contributed by atoms with Gasteiger partial charge in [0, 0.05) is 25.2 Å². The molecule has 2 aliphatic rings. The van der Waals surface area contributed by atoms with Gasteiger partial charge >= 0.3 is 6.09 Å². The summed E-state index contributed by atoms with van der Waals surface area (Å²) in [6.07, 6.45) is 10.1. The van der Waals surface area contributed by atoms with Crippen molar-refractivity contribution in [1.29, 1.82) is 0 Å². The Hall–Kier alpha value is -0.770. The number of rotatable bonds is 2. The van der Waals surface area contributed by atoms with Crippen LogP contribution in [0.15, 0.2) is 0 Å². The molecule has 1 amide bonds. The van der Waals surface area contributed by atoms with Crippen molar-refractivity contribution in [3.8, 4) is 0 Å². The number of hydrogen-bond donors (Lipinski definition) is 1. The third-order valence-corrected chi connectivity index (χ3v) is 4.47. The van der Waals surface area contributed by atoms with Crippen LogP contribution in [-0.2, 0) is 4.74 Å². The van der Waals surface area contributed by atoms with E-state index in [1.807, 2.05) is 25.7 Å². The predicted molar refractivity (Wildman–Crippen MR) is 85.5 cm³/mol. The van der Waals surface area contributed by atoms with Crippen molar-refractivity contribution < 1.29 is 9.53 Å². The minimum Gasteiger partial charge on any atom is -0.444 e. The van der Waals surface area contributed by atoms with Gasteiger partial charge in [0.1, 0.15) is 5.60 Å². The molecule has 1 heterocycles. The van der Waals surface area contributed by atoms with Gasteiger partial charge in [0.15, 0.2) is 0 Å². The first-order valence-electron chi connectivity index (χ1n) is 8.68. The fourth-order valence-electron chi connectivity index (χ4n) is 3.33. The van der Waals surface area contributed by atoms with Crippen molar-refractivity contribution in [1.82, 2.24) is 10.2 Å². The van der Waals surface area contributed by atoms with Crippen molar-refractivity contribution in [2.24, 2.45) is 0 Å². The molecule has 122 valence electrons. The Kier molecular flexibility index (Phi) is 5.91. The molecule has 4 nitrogen and oxygen atoms in total. The molecule has 21 heavy (non-hydrogen) atoms. The lowest BCUT2D eigenvalue weighted by Gasteiger charge is -2.35. The fraction of sp³-hybridized carbons (Fsp3) is 0.941. The van der Waals surface area contributed by atoms with E-state index in [9.17, 15) is 4.79 Å². The SMILES string of the molecule is CC(C)(C)OC(=O)N1CCC(NC2CCCCCC2)CC1. The minimum absolute atomic E-state index is 0.157. The Labute approximate surface area is 129 Å². The largest absolute Gasteiger partial charge is 0.444 e. The van der Waals surface area contributed by atoms with Crippen LogP contribution in [0.4, 0.5) is 4.79 Å². The standard InChI is InChI=1S/C17H32N2O2/c1-17(2,3)21-16(20)19-12-10-15(11-13-19)18-14-8-6-4-5-7-9-14/h14-15,18H,4-13H2,1-3H3.